The number of hydrogen-bond acceptors (Lipinski definition) is 5. The Morgan fingerprint density at radius 3 is 2.68 bits per heavy atom. The number of hydrogen-bond donors (Lipinski definition) is 2. The Hall–Kier alpha value is -1.31. The van der Waals surface area contributed by atoms with E-state index in [0.717, 1.165) is 21.6 Å². The highest BCUT2D eigenvalue weighted by Gasteiger charge is 2.20. The fourth-order valence-corrected chi connectivity index (χ4v) is 2.27. The molecule has 0 radical (unpaired) electrons. The van der Waals surface area contributed by atoms with E-state index < -0.39 is 12.1 Å². The van der Waals surface area contributed by atoms with Gasteiger partial charge in [0.05, 0.1) is 12.1 Å². The number of nitrogens with one attached hydrogen (secondary N) is 1. The molecular formula is C12H12BrN3O2S. The second-order valence-electron chi connectivity index (χ2n) is 4.05. The quantitative estimate of drug-likeness (QED) is 0.893. The van der Waals surface area contributed by atoms with Gasteiger partial charge in [-0.3, -0.25) is 4.79 Å². The molecule has 0 aliphatic rings. The van der Waals surface area contributed by atoms with Crippen molar-refractivity contribution in [1.29, 1.82) is 0 Å². The third-order valence-electron chi connectivity index (χ3n) is 2.64. The van der Waals surface area contributed by atoms with E-state index in [1.165, 1.54) is 0 Å². The molecule has 1 heterocycles. The Labute approximate surface area is 123 Å². The van der Waals surface area contributed by atoms with Gasteiger partial charge in [-0.25, -0.2) is 0 Å². The summed E-state index contributed by atoms with van der Waals surface area (Å²) in [6.45, 7) is 1.74. The molecule has 2 aromatic rings. The summed E-state index contributed by atoms with van der Waals surface area (Å²) in [5, 5.41) is 18.1. The van der Waals surface area contributed by atoms with Crippen LogP contribution in [0.15, 0.2) is 34.1 Å². The van der Waals surface area contributed by atoms with Gasteiger partial charge in [-0.1, -0.05) is 32.6 Å². The summed E-state index contributed by atoms with van der Waals surface area (Å²) in [4.78, 5) is 11.8. The van der Waals surface area contributed by atoms with Crippen LogP contribution < -0.4 is 5.32 Å². The number of rotatable bonds is 4. The zero-order valence-corrected chi connectivity index (χ0v) is 12.5. The molecule has 1 aromatic carbocycles. The highest BCUT2D eigenvalue weighted by molar-refractivity contribution is 9.10. The highest BCUT2D eigenvalue weighted by Crippen LogP contribution is 2.19. The molecule has 1 aromatic heterocycles. The van der Waals surface area contributed by atoms with Crippen LogP contribution in [0.5, 0.6) is 0 Å². The first-order valence-electron chi connectivity index (χ1n) is 5.59. The molecule has 0 spiro atoms. The topological polar surface area (TPSA) is 75.1 Å². The van der Waals surface area contributed by atoms with Gasteiger partial charge in [-0.2, -0.15) is 0 Å². The van der Waals surface area contributed by atoms with E-state index in [2.05, 4.69) is 30.8 Å². The summed E-state index contributed by atoms with van der Waals surface area (Å²) >= 11 is 4.44. The largest absolute Gasteiger partial charge is 0.386 e. The fourth-order valence-electron chi connectivity index (χ4n) is 1.57. The van der Waals surface area contributed by atoms with Crippen LogP contribution in [0.3, 0.4) is 0 Å². The van der Waals surface area contributed by atoms with Crippen molar-refractivity contribution in [3.05, 3.63) is 45.4 Å². The van der Waals surface area contributed by atoms with Gasteiger partial charge >= 0.3 is 0 Å². The maximum absolute atomic E-state index is 11.8. The summed E-state index contributed by atoms with van der Waals surface area (Å²) < 4.78 is 4.56. The van der Waals surface area contributed by atoms with Crippen molar-refractivity contribution in [1.82, 2.24) is 14.9 Å². The van der Waals surface area contributed by atoms with Gasteiger partial charge in [-0.05, 0) is 36.2 Å². The molecule has 1 amide bonds. The van der Waals surface area contributed by atoms with E-state index in [0.29, 0.717) is 0 Å². The lowest BCUT2D eigenvalue weighted by Crippen LogP contribution is -2.37. The monoisotopic (exact) mass is 341 g/mol. The minimum Gasteiger partial charge on any atom is -0.386 e. The molecule has 0 aliphatic heterocycles. The molecule has 7 heteroatoms. The lowest BCUT2D eigenvalue weighted by molar-refractivity contribution is 0.0847. The van der Waals surface area contributed by atoms with Crippen LogP contribution in [-0.4, -0.2) is 26.6 Å². The molecule has 5 nitrogen and oxygen atoms in total. The molecule has 19 heavy (non-hydrogen) atoms. The van der Waals surface area contributed by atoms with Crippen molar-refractivity contribution >= 4 is 33.4 Å². The van der Waals surface area contributed by atoms with Gasteiger partial charge in [0.1, 0.15) is 0 Å². The van der Waals surface area contributed by atoms with Crippen LogP contribution in [0.4, 0.5) is 0 Å². The number of benzene rings is 1. The summed E-state index contributed by atoms with van der Waals surface area (Å²) in [5.41, 5.74) is 1.01. The smallest absolute Gasteiger partial charge is 0.273 e. The fraction of sp³-hybridized carbons (Fsp3) is 0.250. The summed E-state index contributed by atoms with van der Waals surface area (Å²) in [7, 11) is 0. The first kappa shape index (κ1) is 14.1. The van der Waals surface area contributed by atoms with Crippen LogP contribution in [0.1, 0.15) is 29.1 Å². The lowest BCUT2D eigenvalue weighted by atomic mass is 10.0. The van der Waals surface area contributed by atoms with Gasteiger partial charge < -0.3 is 10.4 Å². The maximum atomic E-state index is 11.8. The predicted molar refractivity (Wildman–Crippen MR) is 75.9 cm³/mol. The number of nitrogens with zero attached hydrogens (tertiary/aromatic N) is 2. The van der Waals surface area contributed by atoms with Crippen LogP contribution in [0, 0.1) is 0 Å². The van der Waals surface area contributed by atoms with Crippen molar-refractivity contribution in [2.24, 2.45) is 0 Å². The Morgan fingerprint density at radius 2 is 2.11 bits per heavy atom. The Balaban J connectivity index is 2.01. The standard InChI is InChI=1S/C12H12BrN3O2S/c1-7(14-12(18)10-6-19-16-15-10)11(17)8-2-4-9(13)5-3-8/h2-7,11,17H,1H3,(H,14,18)/t7-,11+/m1/s1. The van der Waals surface area contributed by atoms with E-state index in [9.17, 15) is 9.90 Å². The number of aliphatic hydroxyl groups is 1. The van der Waals surface area contributed by atoms with E-state index in [1.807, 2.05) is 24.3 Å². The molecule has 0 unspecified atom stereocenters. The Bertz CT molecular complexity index is 545. The van der Waals surface area contributed by atoms with E-state index >= 15 is 0 Å². The number of carbonyl (C=O) groups excluding carboxylic acids is 1. The van der Waals surface area contributed by atoms with E-state index in [-0.39, 0.29) is 11.6 Å². The second kappa shape index (κ2) is 6.23. The van der Waals surface area contributed by atoms with Crippen molar-refractivity contribution < 1.29 is 9.90 Å². The van der Waals surface area contributed by atoms with Gasteiger partial charge in [0.25, 0.3) is 5.91 Å². The first-order chi connectivity index (χ1) is 9.08. The second-order valence-corrected chi connectivity index (χ2v) is 5.57. The zero-order valence-electron chi connectivity index (χ0n) is 10.1. The summed E-state index contributed by atoms with van der Waals surface area (Å²) in [6.07, 6.45) is -0.774. The maximum Gasteiger partial charge on any atom is 0.273 e. The zero-order chi connectivity index (χ0) is 13.8. The number of halogens is 1. The average molecular weight is 342 g/mol. The van der Waals surface area contributed by atoms with E-state index in [1.54, 1.807) is 12.3 Å². The molecule has 0 saturated heterocycles. The lowest BCUT2D eigenvalue weighted by Gasteiger charge is -2.20. The minimum atomic E-state index is -0.774. The molecule has 0 aliphatic carbocycles. The normalized spacial score (nSPS) is 13.8. The van der Waals surface area contributed by atoms with Crippen molar-refractivity contribution in [2.45, 2.75) is 19.1 Å². The summed E-state index contributed by atoms with van der Waals surface area (Å²) in [6, 6.07) is 6.88. The third-order valence-corrected chi connectivity index (χ3v) is 3.67. The van der Waals surface area contributed by atoms with Gasteiger partial charge in [0.15, 0.2) is 5.69 Å². The number of amides is 1. The van der Waals surface area contributed by atoms with Gasteiger partial charge in [-0.15, -0.1) is 5.10 Å². The van der Waals surface area contributed by atoms with Crippen molar-refractivity contribution in [2.75, 3.05) is 0 Å². The van der Waals surface area contributed by atoms with Crippen molar-refractivity contribution in [3.63, 3.8) is 0 Å². The molecule has 0 saturated carbocycles. The highest BCUT2D eigenvalue weighted by atomic mass is 79.9. The van der Waals surface area contributed by atoms with Crippen LogP contribution in [0.25, 0.3) is 0 Å². The van der Waals surface area contributed by atoms with Crippen LogP contribution in [0.2, 0.25) is 0 Å². The van der Waals surface area contributed by atoms with Crippen LogP contribution in [-0.2, 0) is 0 Å². The average Bonchev–Trinajstić information content (AvgIpc) is 2.92. The third kappa shape index (κ3) is 3.59. The SMILES string of the molecule is C[C@@H](NC(=O)c1csnn1)[C@H](O)c1ccc(Br)cc1. The van der Waals surface area contributed by atoms with Gasteiger partial charge in [0, 0.05) is 9.85 Å². The minimum absolute atomic E-state index is 0.264. The number of carbonyl (C=O) groups is 1. The number of aliphatic hydroxyl groups excluding tert-OH is 1. The molecule has 0 fully saturated rings. The molecule has 100 valence electrons. The molecule has 2 N–H and O–H groups in total. The Morgan fingerprint density at radius 1 is 1.42 bits per heavy atom. The van der Waals surface area contributed by atoms with E-state index in [4.69, 9.17) is 0 Å². The first-order valence-corrected chi connectivity index (χ1v) is 7.22. The molecular weight excluding hydrogens is 330 g/mol. The number of aromatic nitrogens is 2. The predicted octanol–water partition coefficient (Wildman–Crippen LogP) is 2.15. The molecule has 2 atom stereocenters. The Kier molecular flexibility index (Phi) is 4.62. The molecule has 2 rings (SSSR count). The van der Waals surface area contributed by atoms with Crippen LogP contribution >= 0.6 is 27.5 Å². The van der Waals surface area contributed by atoms with Gasteiger partial charge in [0.2, 0.25) is 0 Å². The molecule has 0 bridgehead atoms. The van der Waals surface area contributed by atoms with Crippen molar-refractivity contribution in [3.8, 4) is 0 Å². The summed E-state index contributed by atoms with van der Waals surface area (Å²) in [5.74, 6) is -0.336.